The Hall–Kier alpha value is -3.62. The van der Waals surface area contributed by atoms with Gasteiger partial charge in [0.05, 0.1) is 17.2 Å². The van der Waals surface area contributed by atoms with Crippen molar-refractivity contribution in [3.05, 3.63) is 71.5 Å². The van der Waals surface area contributed by atoms with Crippen molar-refractivity contribution in [2.75, 3.05) is 0 Å². The number of alkyl halides is 3. The van der Waals surface area contributed by atoms with Crippen LogP contribution in [0.25, 0.3) is 11.1 Å². The second-order valence-corrected chi connectivity index (χ2v) is 7.57. The molecule has 1 unspecified atom stereocenters. The third-order valence-corrected chi connectivity index (χ3v) is 5.32. The zero-order valence-electron chi connectivity index (χ0n) is 17.1. The first-order chi connectivity index (χ1) is 15.2. The molecule has 4 rings (SSSR count). The van der Waals surface area contributed by atoms with Gasteiger partial charge < -0.3 is 4.74 Å². The summed E-state index contributed by atoms with van der Waals surface area (Å²) in [7, 11) is 1.79. The van der Waals surface area contributed by atoms with Crippen LogP contribution in [0, 0.1) is 0 Å². The van der Waals surface area contributed by atoms with E-state index < -0.39 is 29.5 Å². The maximum absolute atomic E-state index is 14.1. The molecule has 2 aromatic carbocycles. The fourth-order valence-corrected chi connectivity index (χ4v) is 3.84. The van der Waals surface area contributed by atoms with Crippen molar-refractivity contribution in [3.63, 3.8) is 0 Å². The van der Waals surface area contributed by atoms with Gasteiger partial charge in [0.25, 0.3) is 0 Å². The van der Waals surface area contributed by atoms with Crippen LogP contribution in [-0.2, 0) is 29.4 Å². The van der Waals surface area contributed by atoms with E-state index in [1.54, 1.807) is 42.2 Å². The van der Waals surface area contributed by atoms with Crippen molar-refractivity contribution in [3.8, 4) is 16.9 Å². The zero-order valence-corrected chi connectivity index (χ0v) is 17.1. The van der Waals surface area contributed by atoms with Crippen molar-refractivity contribution in [2.24, 2.45) is 7.05 Å². The van der Waals surface area contributed by atoms with Crippen LogP contribution >= 0.6 is 0 Å². The number of nitrogens with one attached hydrogen (secondary N) is 1. The molecule has 1 saturated heterocycles. The van der Waals surface area contributed by atoms with Crippen LogP contribution in [0.3, 0.4) is 0 Å². The van der Waals surface area contributed by atoms with E-state index in [9.17, 15) is 22.8 Å². The van der Waals surface area contributed by atoms with Gasteiger partial charge in [-0.15, -0.1) is 0 Å². The van der Waals surface area contributed by atoms with Crippen molar-refractivity contribution in [1.82, 2.24) is 15.1 Å². The largest absolute Gasteiger partial charge is 0.487 e. The Balaban J connectivity index is 1.64. The molecule has 166 valence electrons. The molecule has 1 N–H and O–H groups in total. The summed E-state index contributed by atoms with van der Waals surface area (Å²) in [5.74, 6) is -1.72. The van der Waals surface area contributed by atoms with Gasteiger partial charge in [-0.3, -0.25) is 19.6 Å². The molecule has 1 aliphatic heterocycles. The number of carbonyl (C=O) groups is 2. The molecule has 32 heavy (non-hydrogen) atoms. The lowest BCUT2D eigenvalue weighted by atomic mass is 9.84. The van der Waals surface area contributed by atoms with E-state index in [1.165, 1.54) is 18.2 Å². The minimum atomic E-state index is -4.68. The fraction of sp³-hybridized carbons (Fsp3) is 0.261. The Morgan fingerprint density at radius 2 is 1.88 bits per heavy atom. The molecule has 0 bridgehead atoms. The van der Waals surface area contributed by atoms with Crippen LogP contribution < -0.4 is 10.1 Å². The number of halogens is 3. The van der Waals surface area contributed by atoms with Crippen LogP contribution in [0.4, 0.5) is 13.2 Å². The van der Waals surface area contributed by atoms with Gasteiger partial charge in [-0.2, -0.15) is 18.3 Å². The summed E-state index contributed by atoms with van der Waals surface area (Å²) in [5.41, 5.74) is 0.0487. The quantitative estimate of drug-likeness (QED) is 0.600. The molecule has 3 aromatic rings. The van der Waals surface area contributed by atoms with Gasteiger partial charge in [-0.25, -0.2) is 0 Å². The summed E-state index contributed by atoms with van der Waals surface area (Å²) in [6, 6.07) is 12.3. The van der Waals surface area contributed by atoms with E-state index >= 15 is 0 Å². The molecule has 1 aromatic heterocycles. The first-order valence-corrected chi connectivity index (χ1v) is 9.98. The number of hydrogen-bond acceptors (Lipinski definition) is 4. The summed E-state index contributed by atoms with van der Waals surface area (Å²) < 4.78 is 49.6. The molecule has 2 heterocycles. The maximum Gasteiger partial charge on any atom is 0.417 e. The Labute approximate surface area is 182 Å². The first-order valence-electron chi connectivity index (χ1n) is 9.98. The SMILES string of the molecule is Cn1ccc(COc2ccc(-c3cccc(C4CCC(=O)NC4=O)c3C(F)(F)F)cc2)n1. The standard InChI is InChI=1S/C23H20F3N3O3/c1-29-12-11-15(28-29)13-32-16-7-5-14(6-8-16)17-3-2-4-18(21(17)23(24,25)26)19-9-10-20(30)27-22(19)31/h2-8,11-12,19H,9-10,13H2,1H3,(H,27,30,31). The van der Waals surface area contributed by atoms with Gasteiger partial charge in [-0.1, -0.05) is 30.3 Å². The van der Waals surface area contributed by atoms with Gasteiger partial charge in [-0.05, 0) is 41.3 Å². The van der Waals surface area contributed by atoms with Crippen LogP contribution in [0.1, 0.15) is 35.6 Å². The topological polar surface area (TPSA) is 73.2 Å². The molecular weight excluding hydrogens is 423 g/mol. The van der Waals surface area contributed by atoms with E-state index in [0.717, 1.165) is 5.69 Å². The average Bonchev–Trinajstić information content (AvgIpc) is 3.17. The third-order valence-electron chi connectivity index (χ3n) is 5.32. The second kappa shape index (κ2) is 8.49. The number of amides is 2. The normalized spacial score (nSPS) is 16.7. The molecule has 1 atom stereocenters. The summed E-state index contributed by atoms with van der Waals surface area (Å²) in [6.07, 6.45) is -2.85. The Morgan fingerprint density at radius 3 is 2.50 bits per heavy atom. The highest BCUT2D eigenvalue weighted by atomic mass is 19.4. The van der Waals surface area contributed by atoms with E-state index in [0.29, 0.717) is 11.3 Å². The molecule has 2 amide bonds. The zero-order chi connectivity index (χ0) is 22.9. The molecular formula is C23H20F3N3O3. The van der Waals surface area contributed by atoms with Crippen LogP contribution in [0.2, 0.25) is 0 Å². The van der Waals surface area contributed by atoms with E-state index in [1.807, 2.05) is 6.07 Å². The lowest BCUT2D eigenvalue weighted by Gasteiger charge is -2.26. The van der Waals surface area contributed by atoms with E-state index in [2.05, 4.69) is 10.4 Å². The van der Waals surface area contributed by atoms with Gasteiger partial charge in [0.1, 0.15) is 12.4 Å². The van der Waals surface area contributed by atoms with Gasteiger partial charge in [0.2, 0.25) is 11.8 Å². The molecule has 0 spiro atoms. The number of nitrogens with zero attached hydrogens (tertiary/aromatic N) is 2. The van der Waals surface area contributed by atoms with Gasteiger partial charge in [0, 0.05) is 19.7 Å². The molecule has 0 radical (unpaired) electrons. The lowest BCUT2D eigenvalue weighted by molar-refractivity contribution is -0.138. The Morgan fingerprint density at radius 1 is 1.12 bits per heavy atom. The van der Waals surface area contributed by atoms with Crippen molar-refractivity contribution >= 4 is 11.8 Å². The summed E-state index contributed by atoms with van der Waals surface area (Å²) in [6.45, 7) is 0.235. The predicted octanol–water partition coefficient (Wildman–Crippen LogP) is 4.21. The smallest absolute Gasteiger partial charge is 0.417 e. The Kier molecular flexibility index (Phi) is 5.73. The van der Waals surface area contributed by atoms with Gasteiger partial charge in [0.15, 0.2) is 0 Å². The van der Waals surface area contributed by atoms with Crippen molar-refractivity contribution in [2.45, 2.75) is 31.5 Å². The van der Waals surface area contributed by atoms with E-state index in [4.69, 9.17) is 4.74 Å². The number of aromatic nitrogens is 2. The monoisotopic (exact) mass is 443 g/mol. The van der Waals surface area contributed by atoms with Crippen LogP contribution in [0.5, 0.6) is 5.75 Å². The number of ether oxygens (including phenoxy) is 1. The molecule has 6 nitrogen and oxygen atoms in total. The second-order valence-electron chi connectivity index (χ2n) is 7.57. The Bertz CT molecular complexity index is 1150. The fourth-order valence-electron chi connectivity index (χ4n) is 3.84. The number of carbonyl (C=O) groups excluding carboxylic acids is 2. The lowest BCUT2D eigenvalue weighted by Crippen LogP contribution is -2.40. The molecule has 9 heteroatoms. The van der Waals surface area contributed by atoms with Crippen LogP contribution in [-0.4, -0.2) is 21.6 Å². The first kappa shape index (κ1) is 21.6. The highest BCUT2D eigenvalue weighted by Crippen LogP contribution is 2.43. The molecule has 0 aliphatic carbocycles. The number of rotatable bonds is 5. The van der Waals surface area contributed by atoms with Crippen molar-refractivity contribution < 1.29 is 27.5 Å². The van der Waals surface area contributed by atoms with E-state index in [-0.39, 0.29) is 30.6 Å². The van der Waals surface area contributed by atoms with Crippen LogP contribution in [0.15, 0.2) is 54.7 Å². The number of piperidine rings is 1. The summed E-state index contributed by atoms with van der Waals surface area (Å²) in [4.78, 5) is 23.7. The maximum atomic E-state index is 14.1. The number of imide groups is 1. The third kappa shape index (κ3) is 4.51. The highest BCUT2D eigenvalue weighted by molar-refractivity contribution is 6.01. The molecule has 1 aliphatic rings. The minimum Gasteiger partial charge on any atom is -0.487 e. The molecule has 1 fully saturated rings. The number of hydrogen-bond donors (Lipinski definition) is 1. The summed E-state index contributed by atoms with van der Waals surface area (Å²) >= 11 is 0. The minimum absolute atomic E-state index is 0.000237. The van der Waals surface area contributed by atoms with Gasteiger partial charge >= 0.3 is 6.18 Å². The number of benzene rings is 2. The van der Waals surface area contributed by atoms with Crippen molar-refractivity contribution in [1.29, 1.82) is 0 Å². The highest BCUT2D eigenvalue weighted by Gasteiger charge is 2.40. The predicted molar refractivity (Wildman–Crippen MR) is 110 cm³/mol. The number of aryl methyl sites for hydroxylation is 1. The average molecular weight is 443 g/mol. The molecule has 0 saturated carbocycles. The summed E-state index contributed by atoms with van der Waals surface area (Å²) in [5, 5.41) is 6.34.